The first-order chi connectivity index (χ1) is 14.7. The van der Waals surface area contributed by atoms with Gasteiger partial charge in [0.25, 0.3) is 5.91 Å². The summed E-state index contributed by atoms with van der Waals surface area (Å²) in [6.45, 7) is 0.576. The first kappa shape index (κ1) is 19.5. The Bertz CT molecular complexity index is 1120. The molecular weight excluding hydrogens is 376 g/mol. The molecule has 1 saturated carbocycles. The third kappa shape index (κ3) is 4.41. The summed E-state index contributed by atoms with van der Waals surface area (Å²) in [5.41, 5.74) is 3.33. The fourth-order valence-electron chi connectivity index (χ4n) is 3.24. The summed E-state index contributed by atoms with van der Waals surface area (Å²) in [6, 6.07) is 19.8. The molecule has 1 N–H and O–H groups in total. The Morgan fingerprint density at radius 1 is 1.23 bits per heavy atom. The predicted octanol–water partition coefficient (Wildman–Crippen LogP) is 3.79. The van der Waals surface area contributed by atoms with Crippen molar-refractivity contribution < 1.29 is 9.53 Å². The Morgan fingerprint density at radius 3 is 2.67 bits per heavy atom. The number of para-hydroxylation sites is 1. The first-order valence-electron chi connectivity index (χ1n) is 9.85. The third-order valence-corrected chi connectivity index (χ3v) is 4.92. The molecule has 3 aromatic rings. The highest BCUT2D eigenvalue weighted by Crippen LogP contribution is 2.32. The molecule has 1 fully saturated rings. The molecule has 0 saturated heterocycles. The van der Waals surface area contributed by atoms with Gasteiger partial charge in [0.15, 0.2) is 0 Å². The summed E-state index contributed by atoms with van der Waals surface area (Å²) >= 11 is 0. The van der Waals surface area contributed by atoms with E-state index in [0.717, 1.165) is 24.0 Å². The van der Waals surface area contributed by atoms with Crippen LogP contribution < -0.4 is 10.1 Å². The highest BCUT2D eigenvalue weighted by molar-refractivity contribution is 6.02. The highest BCUT2D eigenvalue weighted by atomic mass is 16.5. The number of benzene rings is 2. The minimum atomic E-state index is -0.346. The minimum absolute atomic E-state index is 0.0670. The summed E-state index contributed by atoms with van der Waals surface area (Å²) in [7, 11) is 1.61. The average molecular weight is 398 g/mol. The van der Waals surface area contributed by atoms with Gasteiger partial charge in [0.05, 0.1) is 13.7 Å². The lowest BCUT2D eigenvalue weighted by atomic mass is 10.0. The molecule has 4 rings (SSSR count). The largest absolute Gasteiger partial charge is 0.496 e. The lowest BCUT2D eigenvalue weighted by Gasteiger charge is -2.07. The molecule has 0 aliphatic heterocycles. The van der Waals surface area contributed by atoms with Gasteiger partial charge < -0.3 is 10.1 Å². The molecule has 6 heteroatoms. The van der Waals surface area contributed by atoms with Crippen LogP contribution in [-0.4, -0.2) is 28.8 Å². The van der Waals surface area contributed by atoms with E-state index in [4.69, 9.17) is 9.84 Å². The Hall–Kier alpha value is -3.85. The number of nitriles is 1. The molecule has 6 nitrogen and oxygen atoms in total. The van der Waals surface area contributed by atoms with E-state index in [1.165, 1.54) is 0 Å². The number of rotatable bonds is 7. The van der Waals surface area contributed by atoms with Crippen molar-refractivity contribution in [3.8, 4) is 23.1 Å². The SMILES string of the molecule is COc1ccccc1-c1nn(Cc2ccccc2)cc1/C=C(\C#N)C(=O)NC1CC1. The Kier molecular flexibility index (Phi) is 5.62. The summed E-state index contributed by atoms with van der Waals surface area (Å²) in [5, 5.41) is 17.2. The van der Waals surface area contributed by atoms with Gasteiger partial charge in [-0.25, -0.2) is 0 Å². The van der Waals surface area contributed by atoms with E-state index in [9.17, 15) is 10.1 Å². The number of amides is 1. The van der Waals surface area contributed by atoms with E-state index in [-0.39, 0.29) is 17.5 Å². The standard InChI is InChI=1S/C24H22N4O2/c1-30-22-10-6-5-9-21(22)23-19(13-18(14-25)24(29)26-20-11-12-20)16-28(27-23)15-17-7-3-2-4-8-17/h2-10,13,16,20H,11-12,15H2,1H3,(H,26,29)/b18-13+. The van der Waals surface area contributed by atoms with Gasteiger partial charge in [0.2, 0.25) is 0 Å². The van der Waals surface area contributed by atoms with Gasteiger partial charge in [-0.3, -0.25) is 9.48 Å². The lowest BCUT2D eigenvalue weighted by molar-refractivity contribution is -0.117. The molecule has 2 aromatic carbocycles. The second-order valence-electron chi connectivity index (χ2n) is 7.23. The van der Waals surface area contributed by atoms with Gasteiger partial charge in [-0.2, -0.15) is 10.4 Å². The van der Waals surface area contributed by atoms with Gasteiger partial charge in [-0.05, 0) is 36.6 Å². The normalized spacial score (nSPS) is 13.5. The number of ether oxygens (including phenoxy) is 1. The van der Waals surface area contributed by atoms with Crippen LogP contribution in [0.25, 0.3) is 17.3 Å². The Morgan fingerprint density at radius 2 is 1.97 bits per heavy atom. The zero-order valence-corrected chi connectivity index (χ0v) is 16.7. The van der Waals surface area contributed by atoms with Crippen molar-refractivity contribution in [2.24, 2.45) is 0 Å². The van der Waals surface area contributed by atoms with Crippen molar-refractivity contribution in [3.63, 3.8) is 0 Å². The molecule has 0 unspecified atom stereocenters. The fourth-order valence-corrected chi connectivity index (χ4v) is 3.24. The minimum Gasteiger partial charge on any atom is -0.496 e. The summed E-state index contributed by atoms with van der Waals surface area (Å²) < 4.78 is 7.32. The number of nitrogens with zero attached hydrogens (tertiary/aromatic N) is 3. The number of carbonyl (C=O) groups is 1. The molecule has 0 atom stereocenters. The first-order valence-corrected chi connectivity index (χ1v) is 9.85. The van der Waals surface area contributed by atoms with Gasteiger partial charge in [-0.1, -0.05) is 42.5 Å². The smallest absolute Gasteiger partial charge is 0.262 e. The van der Waals surface area contributed by atoms with Crippen LogP contribution in [0.3, 0.4) is 0 Å². The van der Waals surface area contributed by atoms with Crippen LogP contribution >= 0.6 is 0 Å². The average Bonchev–Trinajstić information content (AvgIpc) is 3.50. The number of nitrogens with one attached hydrogen (secondary N) is 1. The van der Waals surface area contributed by atoms with Crippen LogP contribution in [0, 0.1) is 11.3 Å². The molecule has 1 aromatic heterocycles. The van der Waals surface area contributed by atoms with E-state index in [1.54, 1.807) is 13.2 Å². The predicted molar refractivity (Wildman–Crippen MR) is 115 cm³/mol. The molecule has 1 aliphatic carbocycles. The number of aromatic nitrogens is 2. The summed E-state index contributed by atoms with van der Waals surface area (Å²) in [5.74, 6) is 0.333. The number of hydrogen-bond acceptors (Lipinski definition) is 4. The van der Waals surface area contributed by atoms with Crippen molar-refractivity contribution in [2.75, 3.05) is 7.11 Å². The van der Waals surface area contributed by atoms with Gasteiger partial charge in [0.1, 0.15) is 23.1 Å². The maximum absolute atomic E-state index is 12.4. The molecule has 0 bridgehead atoms. The van der Waals surface area contributed by atoms with E-state index < -0.39 is 0 Å². The van der Waals surface area contributed by atoms with Crippen molar-refractivity contribution in [1.29, 1.82) is 5.26 Å². The topological polar surface area (TPSA) is 79.9 Å². The van der Waals surface area contributed by atoms with Gasteiger partial charge >= 0.3 is 0 Å². The van der Waals surface area contributed by atoms with Gasteiger partial charge in [-0.15, -0.1) is 0 Å². The lowest BCUT2D eigenvalue weighted by Crippen LogP contribution is -2.26. The summed E-state index contributed by atoms with van der Waals surface area (Å²) in [4.78, 5) is 12.4. The maximum Gasteiger partial charge on any atom is 0.262 e. The Labute approximate surface area is 175 Å². The maximum atomic E-state index is 12.4. The van der Waals surface area contributed by atoms with Crippen molar-refractivity contribution in [3.05, 3.63) is 77.5 Å². The zero-order valence-electron chi connectivity index (χ0n) is 16.7. The molecule has 1 heterocycles. The van der Waals surface area contributed by atoms with Crippen LogP contribution in [0.5, 0.6) is 5.75 Å². The Balaban J connectivity index is 1.75. The van der Waals surface area contributed by atoms with Crippen molar-refractivity contribution >= 4 is 12.0 Å². The number of methoxy groups -OCH3 is 1. The second kappa shape index (κ2) is 8.66. The molecular formula is C24H22N4O2. The van der Waals surface area contributed by atoms with E-state index in [2.05, 4.69) is 5.32 Å². The van der Waals surface area contributed by atoms with E-state index in [0.29, 0.717) is 23.6 Å². The summed E-state index contributed by atoms with van der Waals surface area (Å²) in [6.07, 6.45) is 5.39. The second-order valence-corrected chi connectivity index (χ2v) is 7.23. The van der Waals surface area contributed by atoms with Crippen molar-refractivity contribution in [1.82, 2.24) is 15.1 Å². The quantitative estimate of drug-likeness (QED) is 0.485. The molecule has 1 aliphatic rings. The van der Waals surface area contributed by atoms with Crippen LogP contribution in [0.4, 0.5) is 0 Å². The molecule has 0 spiro atoms. The third-order valence-electron chi connectivity index (χ3n) is 4.92. The van der Waals surface area contributed by atoms with Crippen LogP contribution in [-0.2, 0) is 11.3 Å². The molecule has 0 radical (unpaired) electrons. The molecule has 150 valence electrons. The molecule has 1 amide bonds. The van der Waals surface area contributed by atoms with Crippen molar-refractivity contribution in [2.45, 2.75) is 25.4 Å². The zero-order chi connectivity index (χ0) is 20.9. The van der Waals surface area contributed by atoms with Crippen LogP contribution in [0.15, 0.2) is 66.4 Å². The number of carbonyl (C=O) groups excluding carboxylic acids is 1. The highest BCUT2D eigenvalue weighted by Gasteiger charge is 2.25. The van der Waals surface area contributed by atoms with Gasteiger partial charge in [0, 0.05) is 23.4 Å². The van der Waals surface area contributed by atoms with Crippen LogP contribution in [0.2, 0.25) is 0 Å². The van der Waals surface area contributed by atoms with E-state index >= 15 is 0 Å². The molecule has 30 heavy (non-hydrogen) atoms. The van der Waals surface area contributed by atoms with E-state index in [1.807, 2.05) is 71.5 Å². The van der Waals surface area contributed by atoms with Crippen LogP contribution in [0.1, 0.15) is 24.0 Å². The number of hydrogen-bond donors (Lipinski definition) is 1. The monoisotopic (exact) mass is 398 g/mol. The fraction of sp³-hybridized carbons (Fsp3) is 0.208.